The Bertz CT molecular complexity index is 908. The number of nitrogens with zero attached hydrogens (tertiary/aromatic N) is 2. The van der Waals surface area contributed by atoms with Crippen molar-refractivity contribution in [2.24, 2.45) is 0 Å². The molecule has 2 aromatic rings. The molecule has 1 amide bonds. The van der Waals surface area contributed by atoms with Gasteiger partial charge in [-0.3, -0.25) is 24.0 Å². The second kappa shape index (κ2) is 8.71. The molecule has 2 heterocycles. The van der Waals surface area contributed by atoms with Crippen molar-refractivity contribution in [3.63, 3.8) is 0 Å². The fraction of sp³-hybridized carbons (Fsp3) is 0.500. The molecule has 0 atom stereocenters. The highest BCUT2D eigenvalue weighted by Gasteiger charge is 2.27. The molecule has 0 spiro atoms. The van der Waals surface area contributed by atoms with Crippen LogP contribution in [-0.4, -0.2) is 32.2 Å². The summed E-state index contributed by atoms with van der Waals surface area (Å²) in [6.07, 6.45) is 2.76. The Balaban J connectivity index is 1.37. The zero-order chi connectivity index (χ0) is 19.4. The van der Waals surface area contributed by atoms with E-state index in [0.29, 0.717) is 21.5 Å². The third-order valence-electron chi connectivity index (χ3n) is 4.41. The van der Waals surface area contributed by atoms with Gasteiger partial charge < -0.3 is 5.32 Å². The predicted molar refractivity (Wildman–Crippen MR) is 104 cm³/mol. The number of ketones is 2. The van der Waals surface area contributed by atoms with Gasteiger partial charge in [0.15, 0.2) is 16.4 Å². The molecule has 0 radical (unpaired) electrons. The number of carbonyl (C=O) groups excluding carboxylic acids is 3. The maximum Gasteiger partial charge on any atom is 0.220 e. The fourth-order valence-electron chi connectivity index (χ4n) is 2.78. The SMILES string of the molecule is Cc1ccc(C(=O)CCC(=O)CCC(=O)NCc2n[nH]c(=S)n2C2CC2)s1. The molecule has 27 heavy (non-hydrogen) atoms. The molecule has 0 aromatic carbocycles. The van der Waals surface area contributed by atoms with Gasteiger partial charge in [0, 0.05) is 36.6 Å². The Kier molecular flexibility index (Phi) is 6.33. The van der Waals surface area contributed by atoms with E-state index >= 15 is 0 Å². The summed E-state index contributed by atoms with van der Waals surface area (Å²) < 4.78 is 2.51. The maximum atomic E-state index is 12.0. The molecule has 1 saturated carbocycles. The zero-order valence-corrected chi connectivity index (χ0v) is 16.8. The normalized spacial score (nSPS) is 13.5. The number of hydrogen-bond acceptors (Lipinski definition) is 6. The molecule has 0 unspecified atom stereocenters. The van der Waals surface area contributed by atoms with Crippen molar-refractivity contribution in [1.29, 1.82) is 0 Å². The first-order valence-electron chi connectivity index (χ1n) is 8.98. The maximum absolute atomic E-state index is 12.0. The summed E-state index contributed by atoms with van der Waals surface area (Å²) in [4.78, 5) is 37.7. The van der Waals surface area contributed by atoms with Crippen LogP contribution in [0.25, 0.3) is 0 Å². The van der Waals surface area contributed by atoms with E-state index in [0.717, 1.165) is 17.7 Å². The van der Waals surface area contributed by atoms with E-state index in [4.69, 9.17) is 12.2 Å². The first-order valence-corrected chi connectivity index (χ1v) is 10.2. The number of nitrogens with one attached hydrogen (secondary N) is 2. The van der Waals surface area contributed by atoms with Crippen LogP contribution in [0, 0.1) is 11.7 Å². The number of H-pyrrole nitrogens is 1. The molecule has 9 heteroatoms. The van der Waals surface area contributed by atoms with Crippen LogP contribution in [0.2, 0.25) is 0 Å². The predicted octanol–water partition coefficient (Wildman–Crippen LogP) is 3.27. The molecular weight excluding hydrogens is 384 g/mol. The molecule has 2 N–H and O–H groups in total. The van der Waals surface area contributed by atoms with Crippen LogP contribution in [0.1, 0.15) is 64.9 Å². The average Bonchev–Trinajstić information content (AvgIpc) is 3.27. The van der Waals surface area contributed by atoms with Crippen LogP contribution in [0.4, 0.5) is 0 Å². The third-order valence-corrected chi connectivity index (χ3v) is 5.74. The van der Waals surface area contributed by atoms with E-state index in [1.54, 1.807) is 6.07 Å². The Hall–Kier alpha value is -2.13. The van der Waals surface area contributed by atoms with Crippen LogP contribution < -0.4 is 5.32 Å². The van der Waals surface area contributed by atoms with Gasteiger partial charge in [0.2, 0.25) is 5.91 Å². The van der Waals surface area contributed by atoms with Gasteiger partial charge in [-0.05, 0) is 44.1 Å². The smallest absolute Gasteiger partial charge is 0.220 e. The molecule has 144 valence electrons. The number of thiophene rings is 1. The van der Waals surface area contributed by atoms with Crippen molar-refractivity contribution in [1.82, 2.24) is 20.1 Å². The largest absolute Gasteiger partial charge is 0.349 e. The van der Waals surface area contributed by atoms with Gasteiger partial charge in [0.1, 0.15) is 5.78 Å². The second-order valence-corrected chi connectivity index (χ2v) is 8.37. The van der Waals surface area contributed by atoms with Crippen molar-refractivity contribution in [2.75, 3.05) is 0 Å². The summed E-state index contributed by atoms with van der Waals surface area (Å²) in [7, 11) is 0. The molecular formula is C18H22N4O3S2. The number of amides is 1. The standard InChI is InChI=1S/C18H22N4O3S2/c1-11-2-8-15(27-11)14(24)7-5-13(23)6-9-17(25)19-10-16-20-21-18(26)22(16)12-3-4-12/h2,8,12H,3-7,9-10H2,1H3,(H,19,25)(H,21,26). The van der Waals surface area contributed by atoms with Gasteiger partial charge in [-0.1, -0.05) is 0 Å². The molecule has 1 fully saturated rings. The van der Waals surface area contributed by atoms with Crippen LogP contribution in [-0.2, 0) is 16.1 Å². The Labute approximate surface area is 166 Å². The number of hydrogen-bond donors (Lipinski definition) is 2. The van der Waals surface area contributed by atoms with Gasteiger partial charge in [-0.15, -0.1) is 11.3 Å². The van der Waals surface area contributed by atoms with Gasteiger partial charge in [0.05, 0.1) is 11.4 Å². The summed E-state index contributed by atoms with van der Waals surface area (Å²) in [6.45, 7) is 2.22. The summed E-state index contributed by atoms with van der Waals surface area (Å²) >= 11 is 6.64. The van der Waals surface area contributed by atoms with E-state index in [9.17, 15) is 14.4 Å². The average molecular weight is 407 g/mol. The molecule has 3 rings (SSSR count). The monoisotopic (exact) mass is 406 g/mol. The number of rotatable bonds is 10. The topological polar surface area (TPSA) is 96.8 Å². The van der Waals surface area contributed by atoms with Crippen molar-refractivity contribution in [3.8, 4) is 0 Å². The molecule has 2 aromatic heterocycles. The van der Waals surface area contributed by atoms with Crippen LogP contribution >= 0.6 is 23.6 Å². The zero-order valence-electron chi connectivity index (χ0n) is 15.1. The van der Waals surface area contributed by atoms with E-state index in [1.165, 1.54) is 11.3 Å². The Morgan fingerprint density at radius 2 is 2.00 bits per heavy atom. The molecule has 0 aliphatic heterocycles. The highest BCUT2D eigenvalue weighted by molar-refractivity contribution is 7.71. The number of Topliss-reactive ketones (excluding diaryl/α,β-unsaturated/α-hetero) is 2. The van der Waals surface area contributed by atoms with Crippen molar-refractivity contribution < 1.29 is 14.4 Å². The molecule has 7 nitrogen and oxygen atoms in total. The van der Waals surface area contributed by atoms with E-state index in [-0.39, 0.29) is 49.7 Å². The first kappa shape index (κ1) is 19.6. The van der Waals surface area contributed by atoms with Crippen molar-refractivity contribution in [3.05, 3.63) is 32.5 Å². The quantitative estimate of drug-likeness (QED) is 0.466. The summed E-state index contributed by atoms with van der Waals surface area (Å²) in [6, 6.07) is 4.07. The number of aromatic amines is 1. The van der Waals surface area contributed by atoms with E-state index < -0.39 is 0 Å². The van der Waals surface area contributed by atoms with Crippen molar-refractivity contribution >= 4 is 41.0 Å². The fourth-order valence-corrected chi connectivity index (χ4v) is 3.91. The Morgan fingerprint density at radius 3 is 2.67 bits per heavy atom. The van der Waals surface area contributed by atoms with Gasteiger partial charge in [-0.25, -0.2) is 0 Å². The van der Waals surface area contributed by atoms with Crippen LogP contribution in [0.5, 0.6) is 0 Å². The highest BCUT2D eigenvalue weighted by atomic mass is 32.1. The lowest BCUT2D eigenvalue weighted by Gasteiger charge is -2.07. The van der Waals surface area contributed by atoms with Gasteiger partial charge >= 0.3 is 0 Å². The van der Waals surface area contributed by atoms with Crippen LogP contribution in [0.15, 0.2) is 12.1 Å². The third kappa shape index (κ3) is 5.43. The molecule has 1 aliphatic carbocycles. The molecule has 1 aliphatic rings. The van der Waals surface area contributed by atoms with E-state index in [1.807, 2.05) is 17.6 Å². The number of carbonyl (C=O) groups is 3. The van der Waals surface area contributed by atoms with Gasteiger partial charge in [0.25, 0.3) is 0 Å². The van der Waals surface area contributed by atoms with E-state index in [2.05, 4.69) is 15.5 Å². The second-order valence-electron chi connectivity index (χ2n) is 6.70. The lowest BCUT2D eigenvalue weighted by molar-refractivity contribution is -0.125. The summed E-state index contributed by atoms with van der Waals surface area (Å²) in [5.41, 5.74) is 0. The lowest BCUT2D eigenvalue weighted by atomic mass is 10.1. The summed E-state index contributed by atoms with van der Waals surface area (Å²) in [5, 5.41) is 9.68. The van der Waals surface area contributed by atoms with Crippen LogP contribution in [0.3, 0.4) is 0 Å². The van der Waals surface area contributed by atoms with Gasteiger partial charge in [-0.2, -0.15) is 5.10 Å². The molecule has 0 saturated heterocycles. The number of aromatic nitrogens is 3. The summed E-state index contributed by atoms with van der Waals surface area (Å²) in [5.74, 6) is 0.403. The first-order chi connectivity index (χ1) is 12.9. The number of aryl methyl sites for hydroxylation is 1. The molecule has 0 bridgehead atoms. The minimum absolute atomic E-state index is 0.0196. The minimum atomic E-state index is -0.208. The van der Waals surface area contributed by atoms with Crippen molar-refractivity contribution in [2.45, 2.75) is 58.0 Å². The minimum Gasteiger partial charge on any atom is -0.349 e. The lowest BCUT2D eigenvalue weighted by Crippen LogP contribution is -2.25. The highest BCUT2D eigenvalue weighted by Crippen LogP contribution is 2.35. The Morgan fingerprint density at radius 1 is 1.26 bits per heavy atom.